The van der Waals surface area contributed by atoms with Crippen molar-refractivity contribution < 1.29 is 0 Å². The summed E-state index contributed by atoms with van der Waals surface area (Å²) in [4.78, 5) is 0. The highest BCUT2D eigenvalue weighted by Crippen LogP contribution is 2.30. The standard InChI is InChI=1S/C16H34N2/c1-3-5-6-7-8-9-12-17-14-16(10-4-2)11-13-18-15-16/h17-18H,3-15H2,1-2H3. The van der Waals surface area contributed by atoms with Crippen LogP contribution in [-0.2, 0) is 0 Å². The first-order valence-electron chi connectivity index (χ1n) is 8.24. The van der Waals surface area contributed by atoms with E-state index < -0.39 is 0 Å². The number of hydrogen-bond donors (Lipinski definition) is 2. The van der Waals surface area contributed by atoms with Gasteiger partial charge in [-0.2, -0.15) is 0 Å². The molecule has 0 aromatic heterocycles. The number of unbranched alkanes of at least 4 members (excludes halogenated alkanes) is 5. The molecule has 0 bridgehead atoms. The molecule has 0 aromatic carbocycles. The molecule has 0 saturated carbocycles. The van der Waals surface area contributed by atoms with Gasteiger partial charge in [-0.25, -0.2) is 0 Å². The molecule has 1 aliphatic rings. The zero-order chi connectivity index (χ0) is 13.1. The van der Waals surface area contributed by atoms with Crippen molar-refractivity contribution in [3.05, 3.63) is 0 Å². The minimum absolute atomic E-state index is 0.566. The van der Waals surface area contributed by atoms with E-state index in [-0.39, 0.29) is 0 Å². The van der Waals surface area contributed by atoms with Gasteiger partial charge >= 0.3 is 0 Å². The summed E-state index contributed by atoms with van der Waals surface area (Å²) < 4.78 is 0. The van der Waals surface area contributed by atoms with Crippen LogP contribution in [0.3, 0.4) is 0 Å². The fourth-order valence-electron chi connectivity index (χ4n) is 3.16. The Bertz CT molecular complexity index is 186. The molecule has 1 saturated heterocycles. The molecule has 2 heteroatoms. The Morgan fingerprint density at radius 2 is 1.78 bits per heavy atom. The maximum absolute atomic E-state index is 3.70. The van der Waals surface area contributed by atoms with Gasteiger partial charge in [0.2, 0.25) is 0 Å². The molecular weight excluding hydrogens is 220 g/mol. The van der Waals surface area contributed by atoms with Gasteiger partial charge in [0.1, 0.15) is 0 Å². The molecule has 2 N–H and O–H groups in total. The number of rotatable bonds is 11. The number of hydrogen-bond acceptors (Lipinski definition) is 2. The molecule has 1 heterocycles. The summed E-state index contributed by atoms with van der Waals surface area (Å²) >= 11 is 0. The average Bonchev–Trinajstić information content (AvgIpc) is 2.82. The van der Waals surface area contributed by atoms with Gasteiger partial charge in [-0.15, -0.1) is 0 Å². The second kappa shape index (κ2) is 9.80. The predicted octanol–water partition coefficient (Wildman–Crippen LogP) is 3.72. The van der Waals surface area contributed by atoms with E-state index in [2.05, 4.69) is 24.5 Å². The summed E-state index contributed by atoms with van der Waals surface area (Å²) in [7, 11) is 0. The van der Waals surface area contributed by atoms with Crippen LogP contribution in [0.25, 0.3) is 0 Å². The third kappa shape index (κ3) is 6.19. The average molecular weight is 254 g/mol. The summed E-state index contributed by atoms with van der Waals surface area (Å²) in [5.41, 5.74) is 0.566. The van der Waals surface area contributed by atoms with Crippen LogP contribution < -0.4 is 10.6 Å². The van der Waals surface area contributed by atoms with Gasteiger partial charge in [-0.3, -0.25) is 0 Å². The highest BCUT2D eigenvalue weighted by atomic mass is 15.0. The lowest BCUT2D eigenvalue weighted by molar-refractivity contribution is 0.276. The molecular formula is C16H34N2. The summed E-state index contributed by atoms with van der Waals surface area (Å²) in [6, 6.07) is 0. The lowest BCUT2D eigenvalue weighted by atomic mass is 9.82. The van der Waals surface area contributed by atoms with Crippen molar-refractivity contribution >= 4 is 0 Å². The van der Waals surface area contributed by atoms with E-state index in [1.165, 1.54) is 84.0 Å². The molecule has 1 unspecified atom stereocenters. The Labute approximate surface area is 114 Å². The maximum Gasteiger partial charge on any atom is 0.00205 e. The van der Waals surface area contributed by atoms with Crippen molar-refractivity contribution in [2.24, 2.45) is 5.41 Å². The van der Waals surface area contributed by atoms with Gasteiger partial charge in [0.15, 0.2) is 0 Å². The SMILES string of the molecule is CCCCCCCCNCC1(CCC)CCNC1. The molecule has 0 aromatic rings. The third-order valence-electron chi connectivity index (χ3n) is 4.32. The normalized spacial score (nSPS) is 23.7. The first kappa shape index (κ1) is 16.0. The summed E-state index contributed by atoms with van der Waals surface area (Å²) in [6.07, 6.45) is 12.5. The van der Waals surface area contributed by atoms with Crippen LogP contribution in [0.1, 0.15) is 71.6 Å². The highest BCUT2D eigenvalue weighted by molar-refractivity contribution is 4.89. The van der Waals surface area contributed by atoms with E-state index >= 15 is 0 Å². The molecule has 18 heavy (non-hydrogen) atoms. The Kier molecular flexibility index (Phi) is 8.70. The highest BCUT2D eigenvalue weighted by Gasteiger charge is 2.31. The zero-order valence-electron chi connectivity index (χ0n) is 12.7. The molecule has 1 atom stereocenters. The van der Waals surface area contributed by atoms with Crippen LogP contribution in [0, 0.1) is 5.41 Å². The third-order valence-corrected chi connectivity index (χ3v) is 4.32. The second-order valence-corrected chi connectivity index (χ2v) is 6.12. The van der Waals surface area contributed by atoms with Crippen molar-refractivity contribution in [2.45, 2.75) is 71.6 Å². The number of nitrogens with one attached hydrogen (secondary N) is 2. The van der Waals surface area contributed by atoms with Crippen LogP contribution in [0.4, 0.5) is 0 Å². The molecule has 0 aliphatic carbocycles. The Hall–Kier alpha value is -0.0800. The molecule has 1 aliphatic heterocycles. The van der Waals surface area contributed by atoms with Gasteiger partial charge in [0, 0.05) is 13.1 Å². The summed E-state index contributed by atoms with van der Waals surface area (Å²) in [5.74, 6) is 0. The second-order valence-electron chi connectivity index (χ2n) is 6.12. The molecule has 2 nitrogen and oxygen atoms in total. The van der Waals surface area contributed by atoms with Gasteiger partial charge in [0.25, 0.3) is 0 Å². The maximum atomic E-state index is 3.70. The fraction of sp³-hybridized carbons (Fsp3) is 1.00. The summed E-state index contributed by atoms with van der Waals surface area (Å²) in [5, 5.41) is 7.24. The van der Waals surface area contributed by atoms with E-state index in [0.717, 1.165) is 0 Å². The fourth-order valence-corrected chi connectivity index (χ4v) is 3.16. The van der Waals surface area contributed by atoms with E-state index in [4.69, 9.17) is 0 Å². The van der Waals surface area contributed by atoms with Crippen molar-refractivity contribution in [2.75, 3.05) is 26.2 Å². The van der Waals surface area contributed by atoms with Crippen LogP contribution in [0.15, 0.2) is 0 Å². The molecule has 0 spiro atoms. The minimum atomic E-state index is 0.566. The van der Waals surface area contributed by atoms with Crippen molar-refractivity contribution in [3.8, 4) is 0 Å². The van der Waals surface area contributed by atoms with Crippen molar-refractivity contribution in [3.63, 3.8) is 0 Å². The summed E-state index contributed by atoms with van der Waals surface area (Å²) in [6.45, 7) is 9.49. The van der Waals surface area contributed by atoms with E-state index in [1.807, 2.05) is 0 Å². The molecule has 1 rings (SSSR count). The van der Waals surface area contributed by atoms with E-state index in [0.29, 0.717) is 5.41 Å². The van der Waals surface area contributed by atoms with E-state index in [1.54, 1.807) is 0 Å². The molecule has 0 amide bonds. The molecule has 0 radical (unpaired) electrons. The van der Waals surface area contributed by atoms with Gasteiger partial charge in [0.05, 0.1) is 0 Å². The Balaban J connectivity index is 1.98. The van der Waals surface area contributed by atoms with Crippen molar-refractivity contribution in [1.29, 1.82) is 0 Å². The minimum Gasteiger partial charge on any atom is -0.316 e. The first-order valence-corrected chi connectivity index (χ1v) is 8.24. The van der Waals surface area contributed by atoms with E-state index in [9.17, 15) is 0 Å². The Morgan fingerprint density at radius 1 is 1.00 bits per heavy atom. The van der Waals surface area contributed by atoms with Crippen LogP contribution in [-0.4, -0.2) is 26.2 Å². The lowest BCUT2D eigenvalue weighted by Crippen LogP contribution is -2.36. The van der Waals surface area contributed by atoms with Crippen LogP contribution in [0.5, 0.6) is 0 Å². The molecule has 108 valence electrons. The van der Waals surface area contributed by atoms with Crippen molar-refractivity contribution in [1.82, 2.24) is 10.6 Å². The largest absolute Gasteiger partial charge is 0.316 e. The van der Waals surface area contributed by atoms with Crippen LogP contribution in [0.2, 0.25) is 0 Å². The zero-order valence-corrected chi connectivity index (χ0v) is 12.7. The molecule has 1 fully saturated rings. The predicted molar refractivity (Wildman–Crippen MR) is 81.1 cm³/mol. The van der Waals surface area contributed by atoms with Gasteiger partial charge in [-0.05, 0) is 37.8 Å². The quantitative estimate of drug-likeness (QED) is 0.549. The monoisotopic (exact) mass is 254 g/mol. The smallest absolute Gasteiger partial charge is 0.00205 e. The topological polar surface area (TPSA) is 24.1 Å². The first-order chi connectivity index (χ1) is 8.83. The van der Waals surface area contributed by atoms with Gasteiger partial charge in [-0.1, -0.05) is 52.4 Å². The lowest BCUT2D eigenvalue weighted by Gasteiger charge is -2.28. The Morgan fingerprint density at radius 3 is 2.44 bits per heavy atom. The van der Waals surface area contributed by atoms with Crippen LogP contribution >= 0.6 is 0 Å². The van der Waals surface area contributed by atoms with Gasteiger partial charge < -0.3 is 10.6 Å².